The summed E-state index contributed by atoms with van der Waals surface area (Å²) in [5.41, 5.74) is 7.00. The molecule has 0 aromatic carbocycles. The summed E-state index contributed by atoms with van der Waals surface area (Å²) in [6.45, 7) is 7.21. The van der Waals surface area contributed by atoms with Crippen molar-refractivity contribution in [1.29, 1.82) is 0 Å². The van der Waals surface area contributed by atoms with Crippen LogP contribution in [0.4, 0.5) is 0 Å². The van der Waals surface area contributed by atoms with Crippen LogP contribution in [0.15, 0.2) is 24.5 Å². The van der Waals surface area contributed by atoms with Crippen LogP contribution in [0.25, 0.3) is 0 Å². The molecule has 90 valence electrons. The van der Waals surface area contributed by atoms with Gasteiger partial charge in [-0.15, -0.1) is 0 Å². The molecule has 1 aromatic heterocycles. The molecule has 3 nitrogen and oxygen atoms in total. The second-order valence-electron chi connectivity index (χ2n) is 4.56. The number of nitrogens with zero attached hydrogens (tertiary/aromatic N) is 1. The first kappa shape index (κ1) is 13.1. The van der Waals surface area contributed by atoms with Gasteiger partial charge in [-0.05, 0) is 49.5 Å². The minimum Gasteiger partial charge on any atom is -0.330 e. The highest BCUT2D eigenvalue weighted by Gasteiger charge is 2.09. The summed E-state index contributed by atoms with van der Waals surface area (Å²) in [5.74, 6) is 1.23. The van der Waals surface area contributed by atoms with Crippen molar-refractivity contribution in [3.05, 3.63) is 30.1 Å². The summed E-state index contributed by atoms with van der Waals surface area (Å²) in [6.07, 6.45) is 4.76. The highest BCUT2D eigenvalue weighted by Crippen LogP contribution is 2.07. The van der Waals surface area contributed by atoms with Crippen molar-refractivity contribution in [2.24, 2.45) is 17.6 Å². The third-order valence-corrected chi connectivity index (χ3v) is 2.97. The van der Waals surface area contributed by atoms with Crippen molar-refractivity contribution in [2.45, 2.75) is 20.3 Å². The Kier molecular flexibility index (Phi) is 6.04. The van der Waals surface area contributed by atoms with Gasteiger partial charge < -0.3 is 11.1 Å². The van der Waals surface area contributed by atoms with Gasteiger partial charge in [0.15, 0.2) is 0 Å². The lowest BCUT2D eigenvalue weighted by Crippen LogP contribution is -2.32. The van der Waals surface area contributed by atoms with E-state index in [0.717, 1.165) is 26.1 Å². The minimum atomic E-state index is 0.578. The fourth-order valence-corrected chi connectivity index (χ4v) is 1.66. The number of hydrogen-bond acceptors (Lipinski definition) is 3. The largest absolute Gasteiger partial charge is 0.330 e. The zero-order valence-electron chi connectivity index (χ0n) is 10.3. The lowest BCUT2D eigenvalue weighted by atomic mass is 9.96. The molecule has 1 heterocycles. The molecule has 0 spiro atoms. The lowest BCUT2D eigenvalue weighted by Gasteiger charge is -2.19. The number of rotatable bonds is 7. The maximum Gasteiger partial charge on any atom is 0.0300 e. The van der Waals surface area contributed by atoms with Crippen LogP contribution in [0.2, 0.25) is 0 Å². The Morgan fingerprint density at radius 3 is 2.81 bits per heavy atom. The van der Waals surface area contributed by atoms with Gasteiger partial charge in [0, 0.05) is 12.4 Å². The van der Waals surface area contributed by atoms with Crippen molar-refractivity contribution >= 4 is 0 Å². The van der Waals surface area contributed by atoms with E-state index in [9.17, 15) is 0 Å². The molecule has 3 N–H and O–H groups in total. The number of pyridine rings is 1. The molecule has 0 aliphatic rings. The Bertz CT molecular complexity index is 272. The van der Waals surface area contributed by atoms with Crippen molar-refractivity contribution in [3.8, 4) is 0 Å². The average Bonchev–Trinajstić information content (AvgIpc) is 2.30. The van der Waals surface area contributed by atoms with E-state index >= 15 is 0 Å². The van der Waals surface area contributed by atoms with E-state index in [0.29, 0.717) is 11.8 Å². The SMILES string of the molecule is CC(C)C(CN)CNCCc1cccnc1. The Labute approximate surface area is 98.5 Å². The molecule has 1 unspecified atom stereocenters. The summed E-state index contributed by atoms with van der Waals surface area (Å²) in [5, 5.41) is 3.46. The van der Waals surface area contributed by atoms with Crippen LogP contribution >= 0.6 is 0 Å². The van der Waals surface area contributed by atoms with Gasteiger partial charge in [0.1, 0.15) is 0 Å². The molecule has 0 amide bonds. The van der Waals surface area contributed by atoms with Gasteiger partial charge in [0.05, 0.1) is 0 Å². The Morgan fingerprint density at radius 2 is 2.25 bits per heavy atom. The first-order valence-corrected chi connectivity index (χ1v) is 6.03. The molecule has 0 fully saturated rings. The summed E-state index contributed by atoms with van der Waals surface area (Å²) in [7, 11) is 0. The maximum atomic E-state index is 5.72. The highest BCUT2D eigenvalue weighted by atomic mass is 14.9. The normalized spacial score (nSPS) is 13.0. The lowest BCUT2D eigenvalue weighted by molar-refractivity contribution is 0.372. The molecule has 0 bridgehead atoms. The second-order valence-corrected chi connectivity index (χ2v) is 4.56. The fraction of sp³-hybridized carbons (Fsp3) is 0.615. The van der Waals surface area contributed by atoms with Crippen LogP contribution in [0.3, 0.4) is 0 Å². The monoisotopic (exact) mass is 221 g/mol. The van der Waals surface area contributed by atoms with E-state index in [1.54, 1.807) is 6.20 Å². The number of nitrogens with two attached hydrogens (primary N) is 1. The second kappa shape index (κ2) is 7.36. The van der Waals surface area contributed by atoms with Crippen molar-refractivity contribution in [1.82, 2.24) is 10.3 Å². The van der Waals surface area contributed by atoms with E-state index in [-0.39, 0.29) is 0 Å². The van der Waals surface area contributed by atoms with E-state index in [2.05, 4.69) is 30.2 Å². The molecular weight excluding hydrogens is 198 g/mol. The molecule has 1 rings (SSSR count). The van der Waals surface area contributed by atoms with E-state index < -0.39 is 0 Å². The Balaban J connectivity index is 2.16. The highest BCUT2D eigenvalue weighted by molar-refractivity contribution is 5.08. The van der Waals surface area contributed by atoms with E-state index in [4.69, 9.17) is 5.73 Å². The number of aromatic nitrogens is 1. The van der Waals surface area contributed by atoms with Crippen LogP contribution in [0.5, 0.6) is 0 Å². The summed E-state index contributed by atoms with van der Waals surface area (Å²) in [6, 6.07) is 4.09. The first-order valence-electron chi connectivity index (χ1n) is 6.03. The van der Waals surface area contributed by atoms with Crippen molar-refractivity contribution in [2.75, 3.05) is 19.6 Å². The molecule has 0 aliphatic heterocycles. The molecule has 0 radical (unpaired) electrons. The van der Waals surface area contributed by atoms with Gasteiger partial charge >= 0.3 is 0 Å². The summed E-state index contributed by atoms with van der Waals surface area (Å²) < 4.78 is 0. The van der Waals surface area contributed by atoms with Crippen LogP contribution in [0, 0.1) is 11.8 Å². The standard InChI is InChI=1S/C13H23N3/c1-11(2)13(8-14)10-16-7-5-12-4-3-6-15-9-12/h3-4,6,9,11,13,16H,5,7-8,10,14H2,1-2H3. The predicted octanol–water partition coefficient (Wildman–Crippen LogP) is 1.44. The minimum absolute atomic E-state index is 0.578. The van der Waals surface area contributed by atoms with Crippen LogP contribution < -0.4 is 11.1 Å². The zero-order valence-corrected chi connectivity index (χ0v) is 10.3. The molecule has 0 saturated carbocycles. The molecule has 1 aromatic rings. The first-order chi connectivity index (χ1) is 7.74. The van der Waals surface area contributed by atoms with Crippen molar-refractivity contribution in [3.63, 3.8) is 0 Å². The summed E-state index contributed by atoms with van der Waals surface area (Å²) >= 11 is 0. The fourth-order valence-electron chi connectivity index (χ4n) is 1.66. The molecule has 0 saturated heterocycles. The molecule has 3 heteroatoms. The smallest absolute Gasteiger partial charge is 0.0300 e. The number of nitrogens with one attached hydrogen (secondary N) is 1. The predicted molar refractivity (Wildman–Crippen MR) is 68.2 cm³/mol. The quantitative estimate of drug-likeness (QED) is 0.685. The third kappa shape index (κ3) is 4.73. The maximum absolute atomic E-state index is 5.72. The average molecular weight is 221 g/mol. The van der Waals surface area contributed by atoms with Gasteiger partial charge in [0.2, 0.25) is 0 Å². The van der Waals surface area contributed by atoms with Gasteiger partial charge in [-0.1, -0.05) is 19.9 Å². The Morgan fingerprint density at radius 1 is 1.44 bits per heavy atom. The topological polar surface area (TPSA) is 50.9 Å². The Hall–Kier alpha value is -0.930. The van der Waals surface area contributed by atoms with Gasteiger partial charge in [0.25, 0.3) is 0 Å². The molecular formula is C13H23N3. The van der Waals surface area contributed by atoms with Crippen LogP contribution in [-0.4, -0.2) is 24.6 Å². The van der Waals surface area contributed by atoms with Gasteiger partial charge in [-0.25, -0.2) is 0 Å². The molecule has 1 atom stereocenters. The summed E-state index contributed by atoms with van der Waals surface area (Å²) in [4.78, 5) is 4.10. The van der Waals surface area contributed by atoms with E-state index in [1.165, 1.54) is 5.56 Å². The zero-order chi connectivity index (χ0) is 11.8. The van der Waals surface area contributed by atoms with E-state index in [1.807, 2.05) is 12.3 Å². The van der Waals surface area contributed by atoms with Gasteiger partial charge in [-0.3, -0.25) is 4.98 Å². The van der Waals surface area contributed by atoms with Crippen LogP contribution in [0.1, 0.15) is 19.4 Å². The van der Waals surface area contributed by atoms with Crippen molar-refractivity contribution < 1.29 is 0 Å². The van der Waals surface area contributed by atoms with Crippen LogP contribution in [-0.2, 0) is 6.42 Å². The van der Waals surface area contributed by atoms with Gasteiger partial charge in [-0.2, -0.15) is 0 Å². The number of hydrogen-bond donors (Lipinski definition) is 2. The molecule has 16 heavy (non-hydrogen) atoms. The molecule has 0 aliphatic carbocycles. The third-order valence-electron chi connectivity index (χ3n) is 2.97.